The number of nitrogens with zero attached hydrogens (tertiary/aromatic N) is 7. The summed E-state index contributed by atoms with van der Waals surface area (Å²) in [6.45, 7) is 7.85. The number of aryl methyl sites for hydroxylation is 2. The van der Waals surface area contributed by atoms with Crippen LogP contribution in [0.3, 0.4) is 0 Å². The van der Waals surface area contributed by atoms with Crippen LogP contribution in [0, 0.1) is 0 Å². The maximum absolute atomic E-state index is 13.2. The van der Waals surface area contributed by atoms with Crippen molar-refractivity contribution in [1.82, 2.24) is 34.4 Å². The van der Waals surface area contributed by atoms with E-state index in [4.69, 9.17) is 4.74 Å². The van der Waals surface area contributed by atoms with Gasteiger partial charge in [0.25, 0.3) is 5.91 Å². The maximum Gasteiger partial charge on any atom is 0.276 e. The Labute approximate surface area is 224 Å². The van der Waals surface area contributed by atoms with Crippen LogP contribution in [0.15, 0.2) is 75.0 Å². The summed E-state index contributed by atoms with van der Waals surface area (Å²) in [6, 6.07) is 13.4. The second kappa shape index (κ2) is 12.7. The molecule has 0 spiro atoms. The fraction of sp³-hybridized carbons (Fsp3) is 0.320. The first-order valence-electron chi connectivity index (χ1n) is 11.9. The highest BCUT2D eigenvalue weighted by molar-refractivity contribution is 7.99. The summed E-state index contributed by atoms with van der Waals surface area (Å²) in [6.07, 6.45) is 3.39. The average Bonchev–Trinajstić information content (AvgIpc) is 3.50. The molecule has 0 bridgehead atoms. The molecule has 0 radical (unpaired) electrons. The smallest absolute Gasteiger partial charge is 0.276 e. The van der Waals surface area contributed by atoms with E-state index < -0.39 is 0 Å². The summed E-state index contributed by atoms with van der Waals surface area (Å²) in [4.78, 5) is 21.9. The van der Waals surface area contributed by atoms with Crippen LogP contribution >= 0.6 is 23.5 Å². The fourth-order valence-corrected chi connectivity index (χ4v) is 5.05. The lowest BCUT2D eigenvalue weighted by Crippen LogP contribution is -2.27. The molecule has 4 rings (SSSR count). The minimum Gasteiger partial charge on any atom is -0.492 e. The van der Waals surface area contributed by atoms with Crippen LogP contribution in [-0.4, -0.2) is 66.6 Å². The quantitative estimate of drug-likeness (QED) is 0.284. The summed E-state index contributed by atoms with van der Waals surface area (Å²) in [5, 5.41) is 16.4. The van der Waals surface area contributed by atoms with E-state index in [2.05, 4.69) is 44.3 Å². The Balaban J connectivity index is 1.50. The zero-order valence-electron chi connectivity index (χ0n) is 21.3. The largest absolute Gasteiger partial charge is 0.492 e. The Morgan fingerprint density at radius 3 is 2.49 bits per heavy atom. The minimum absolute atomic E-state index is 0.308. The number of hydrogen-bond donors (Lipinski definition) is 1. The number of anilines is 1. The van der Waals surface area contributed by atoms with E-state index in [9.17, 15) is 4.79 Å². The lowest BCUT2D eigenvalue weighted by molar-refractivity contribution is 0.101. The van der Waals surface area contributed by atoms with Gasteiger partial charge >= 0.3 is 0 Å². The van der Waals surface area contributed by atoms with Gasteiger partial charge in [-0.05, 0) is 61.2 Å². The zero-order valence-corrected chi connectivity index (χ0v) is 22.9. The topological polar surface area (TPSA) is 103 Å². The molecule has 0 aliphatic rings. The highest BCUT2D eigenvalue weighted by Crippen LogP contribution is 2.34. The predicted molar refractivity (Wildman–Crippen MR) is 144 cm³/mol. The molecule has 194 valence electrons. The number of likely N-dealkylation sites (N-methyl/N-ethyl adjacent to an activating group) is 1. The highest BCUT2D eigenvalue weighted by Gasteiger charge is 2.18. The van der Waals surface area contributed by atoms with Gasteiger partial charge in [0.1, 0.15) is 29.4 Å². The lowest BCUT2D eigenvalue weighted by Gasteiger charge is -2.18. The summed E-state index contributed by atoms with van der Waals surface area (Å²) in [5.41, 5.74) is 0.308. The Bertz CT molecular complexity index is 1320. The van der Waals surface area contributed by atoms with Crippen molar-refractivity contribution in [3.63, 3.8) is 0 Å². The molecule has 0 aliphatic carbocycles. The summed E-state index contributed by atoms with van der Waals surface area (Å²) in [5.74, 6) is 0.943. The molecule has 0 aliphatic heterocycles. The fourth-order valence-electron chi connectivity index (χ4n) is 3.41. The van der Waals surface area contributed by atoms with Gasteiger partial charge in [-0.1, -0.05) is 25.6 Å². The number of amides is 1. The Hall–Kier alpha value is -3.35. The monoisotopic (exact) mass is 538 g/mol. The first-order chi connectivity index (χ1) is 17.9. The van der Waals surface area contributed by atoms with Crippen LogP contribution in [0.5, 0.6) is 5.75 Å². The minimum atomic E-state index is -0.335. The average molecular weight is 539 g/mol. The second-order valence-electron chi connectivity index (χ2n) is 8.10. The standard InChI is InChI=1S/C25H30N8O2S2/c1-5-33(6-2)15-16-35-18-7-9-19(10-8-18)36-20-11-12-22(37-25-29-26-17-31(25)3)28-23(20)24(34)27-21-13-14-32(4)30-21/h7-14,17H,5-6,15-16H2,1-4H3,(H,27,30,34). The molecule has 1 N–H and O–H groups in total. The molecular formula is C25H30N8O2S2. The second-order valence-corrected chi connectivity index (χ2v) is 10.2. The van der Waals surface area contributed by atoms with Crippen LogP contribution in [0.4, 0.5) is 5.82 Å². The summed E-state index contributed by atoms with van der Waals surface area (Å²) in [7, 11) is 3.66. The molecule has 37 heavy (non-hydrogen) atoms. The molecule has 12 heteroatoms. The van der Waals surface area contributed by atoms with Crippen LogP contribution in [0.2, 0.25) is 0 Å². The van der Waals surface area contributed by atoms with Gasteiger partial charge in [0, 0.05) is 42.7 Å². The van der Waals surface area contributed by atoms with Crippen molar-refractivity contribution < 1.29 is 9.53 Å². The van der Waals surface area contributed by atoms with E-state index in [0.717, 1.165) is 35.2 Å². The number of benzene rings is 1. The molecular weight excluding hydrogens is 508 g/mol. The lowest BCUT2D eigenvalue weighted by atomic mass is 10.3. The van der Waals surface area contributed by atoms with Crippen LogP contribution < -0.4 is 10.1 Å². The van der Waals surface area contributed by atoms with Crippen molar-refractivity contribution in [1.29, 1.82) is 0 Å². The number of carbonyl (C=O) groups is 1. The van der Waals surface area contributed by atoms with Gasteiger partial charge in [0.05, 0.1) is 0 Å². The molecule has 4 aromatic rings. The molecule has 0 saturated heterocycles. The molecule has 10 nitrogen and oxygen atoms in total. The SMILES string of the molecule is CCN(CC)CCOc1ccc(Sc2ccc(Sc3nncn3C)nc2C(=O)Nc2ccn(C)n2)cc1. The number of carbonyl (C=O) groups excluding carboxylic acids is 1. The number of pyridine rings is 1. The normalized spacial score (nSPS) is 11.2. The van der Waals surface area contributed by atoms with E-state index in [0.29, 0.717) is 28.3 Å². The Kier molecular flexibility index (Phi) is 9.20. The molecule has 1 amide bonds. The van der Waals surface area contributed by atoms with Crippen LogP contribution in [-0.2, 0) is 14.1 Å². The molecule has 3 heterocycles. The maximum atomic E-state index is 13.2. The molecule has 0 saturated carbocycles. The first kappa shape index (κ1) is 26.7. The van der Waals surface area contributed by atoms with Crippen molar-refractivity contribution in [2.24, 2.45) is 14.1 Å². The summed E-state index contributed by atoms with van der Waals surface area (Å²) >= 11 is 2.81. The number of aromatic nitrogens is 6. The third kappa shape index (κ3) is 7.34. The van der Waals surface area contributed by atoms with Gasteiger partial charge in [-0.25, -0.2) is 4.98 Å². The third-order valence-electron chi connectivity index (χ3n) is 5.49. The molecule has 0 unspecified atom stereocenters. The van der Waals surface area contributed by atoms with E-state index in [-0.39, 0.29) is 5.91 Å². The van der Waals surface area contributed by atoms with E-state index in [1.807, 2.05) is 43.4 Å². The summed E-state index contributed by atoms with van der Waals surface area (Å²) < 4.78 is 9.33. The molecule has 0 fully saturated rings. The molecule has 0 atom stereocenters. The first-order valence-corrected chi connectivity index (χ1v) is 13.6. The number of hydrogen-bond acceptors (Lipinski definition) is 9. The van der Waals surface area contributed by atoms with E-state index >= 15 is 0 Å². The van der Waals surface area contributed by atoms with Crippen molar-refractivity contribution in [3.05, 3.63) is 60.7 Å². The number of rotatable bonds is 12. The van der Waals surface area contributed by atoms with Crippen LogP contribution in [0.25, 0.3) is 0 Å². The van der Waals surface area contributed by atoms with Crippen molar-refractivity contribution in [2.75, 3.05) is 31.6 Å². The molecule has 1 aromatic carbocycles. The van der Waals surface area contributed by atoms with Gasteiger partial charge in [-0.15, -0.1) is 10.2 Å². The number of ether oxygens (including phenoxy) is 1. The van der Waals surface area contributed by atoms with E-state index in [1.165, 1.54) is 23.5 Å². The zero-order chi connectivity index (χ0) is 26.2. The molecule has 3 aromatic heterocycles. The van der Waals surface area contributed by atoms with Crippen LogP contribution in [0.1, 0.15) is 24.3 Å². The van der Waals surface area contributed by atoms with Crippen molar-refractivity contribution >= 4 is 35.2 Å². The predicted octanol–water partition coefficient (Wildman–Crippen LogP) is 4.22. The van der Waals surface area contributed by atoms with Gasteiger partial charge in [0.2, 0.25) is 0 Å². The van der Waals surface area contributed by atoms with Gasteiger partial charge in [-0.3, -0.25) is 9.48 Å². The van der Waals surface area contributed by atoms with E-state index in [1.54, 1.807) is 34.9 Å². The Morgan fingerprint density at radius 2 is 1.84 bits per heavy atom. The van der Waals surface area contributed by atoms with Crippen molar-refractivity contribution in [2.45, 2.75) is 33.8 Å². The van der Waals surface area contributed by atoms with Gasteiger partial charge in [0.15, 0.2) is 11.0 Å². The third-order valence-corrected chi connectivity index (χ3v) is 7.54. The highest BCUT2D eigenvalue weighted by atomic mass is 32.2. The van der Waals surface area contributed by atoms with Crippen molar-refractivity contribution in [3.8, 4) is 5.75 Å². The number of nitrogens with one attached hydrogen (secondary N) is 1. The van der Waals surface area contributed by atoms with Gasteiger partial charge in [-0.2, -0.15) is 5.10 Å². The Morgan fingerprint density at radius 1 is 1.05 bits per heavy atom. The van der Waals surface area contributed by atoms with Gasteiger partial charge < -0.3 is 19.5 Å².